The van der Waals surface area contributed by atoms with Crippen LogP contribution in [0.4, 0.5) is 5.69 Å². The first-order chi connectivity index (χ1) is 12.3. The van der Waals surface area contributed by atoms with E-state index in [-0.39, 0.29) is 0 Å². The molecule has 1 aromatic carbocycles. The molecule has 3 heterocycles. The lowest BCUT2D eigenvalue weighted by molar-refractivity contribution is 0.414. The highest BCUT2D eigenvalue weighted by Crippen LogP contribution is 2.24. The molecule has 0 unspecified atom stereocenters. The molecule has 1 fully saturated rings. The Kier molecular flexibility index (Phi) is 4.57. The van der Waals surface area contributed by atoms with Crippen molar-refractivity contribution >= 4 is 5.69 Å². The minimum Gasteiger partial charge on any atom is -0.460 e. The van der Waals surface area contributed by atoms with Crippen LogP contribution in [0.25, 0.3) is 11.5 Å². The number of aromatic nitrogens is 2. The number of benzene rings is 1. The van der Waals surface area contributed by atoms with Gasteiger partial charge in [-0.25, -0.2) is 0 Å². The van der Waals surface area contributed by atoms with Crippen LogP contribution in [0.5, 0.6) is 0 Å². The van der Waals surface area contributed by atoms with Crippen LogP contribution in [0.2, 0.25) is 0 Å². The summed E-state index contributed by atoms with van der Waals surface area (Å²) in [5, 5.41) is 10.9. The Morgan fingerprint density at radius 3 is 2.68 bits per heavy atom. The molecule has 1 aliphatic heterocycles. The molecule has 0 radical (unpaired) electrons. The van der Waals surface area contributed by atoms with Crippen molar-refractivity contribution in [3.05, 3.63) is 60.0 Å². The van der Waals surface area contributed by atoms with Crippen LogP contribution in [0.15, 0.2) is 53.1 Å². The molecule has 3 aromatic rings. The number of H-pyrrole nitrogens is 1. The van der Waals surface area contributed by atoms with Gasteiger partial charge < -0.3 is 14.6 Å². The van der Waals surface area contributed by atoms with Gasteiger partial charge in [0.2, 0.25) is 0 Å². The van der Waals surface area contributed by atoms with Gasteiger partial charge in [-0.3, -0.25) is 5.10 Å². The maximum Gasteiger partial charge on any atom is 0.152 e. The summed E-state index contributed by atoms with van der Waals surface area (Å²) in [6.45, 7) is 4.95. The van der Waals surface area contributed by atoms with E-state index in [1.165, 1.54) is 5.69 Å². The standard InChI is InChI=1S/C20H24N4O/c1-15-7-8-19(25-15)20-16(14-22-23-20)13-21-17-9-11-24(12-10-17)18-5-3-2-4-6-18/h2-8,14,17,21H,9-13H2,1H3,(H,22,23). The van der Waals surface area contributed by atoms with Gasteiger partial charge in [0.25, 0.3) is 0 Å². The van der Waals surface area contributed by atoms with Crippen LogP contribution >= 0.6 is 0 Å². The highest BCUT2D eigenvalue weighted by Gasteiger charge is 2.20. The maximum atomic E-state index is 5.72. The summed E-state index contributed by atoms with van der Waals surface area (Å²) in [6, 6.07) is 15.2. The van der Waals surface area contributed by atoms with Gasteiger partial charge in [-0.2, -0.15) is 5.10 Å². The molecular formula is C20H24N4O. The molecule has 1 saturated heterocycles. The lowest BCUT2D eigenvalue weighted by Gasteiger charge is -2.34. The number of hydrogen-bond donors (Lipinski definition) is 2. The number of para-hydroxylation sites is 1. The van der Waals surface area contributed by atoms with Crippen LogP contribution in [0, 0.1) is 6.92 Å². The molecule has 4 rings (SSSR count). The third-order valence-electron chi connectivity index (χ3n) is 4.90. The molecule has 0 bridgehead atoms. The van der Waals surface area contributed by atoms with E-state index < -0.39 is 0 Å². The number of furan rings is 1. The van der Waals surface area contributed by atoms with Crippen molar-refractivity contribution in [2.75, 3.05) is 18.0 Å². The van der Waals surface area contributed by atoms with E-state index in [2.05, 4.69) is 50.7 Å². The topological polar surface area (TPSA) is 57.1 Å². The Morgan fingerprint density at radius 1 is 1.16 bits per heavy atom. The average molecular weight is 336 g/mol. The zero-order valence-corrected chi connectivity index (χ0v) is 14.5. The number of nitrogens with one attached hydrogen (secondary N) is 2. The smallest absolute Gasteiger partial charge is 0.152 e. The SMILES string of the molecule is Cc1ccc(-c2[nH]ncc2CNC2CCN(c3ccccc3)CC2)o1. The van der Waals surface area contributed by atoms with E-state index in [0.717, 1.165) is 55.3 Å². The van der Waals surface area contributed by atoms with Crippen molar-refractivity contribution in [2.45, 2.75) is 32.4 Å². The summed E-state index contributed by atoms with van der Waals surface area (Å²) in [7, 11) is 0. The summed E-state index contributed by atoms with van der Waals surface area (Å²) in [6.07, 6.45) is 4.20. The Morgan fingerprint density at radius 2 is 1.96 bits per heavy atom. The van der Waals surface area contributed by atoms with Crippen LogP contribution in [0.3, 0.4) is 0 Å². The molecule has 130 valence electrons. The van der Waals surface area contributed by atoms with E-state index in [9.17, 15) is 0 Å². The number of aryl methyl sites for hydroxylation is 1. The van der Waals surface area contributed by atoms with E-state index in [4.69, 9.17) is 4.42 Å². The second-order valence-corrected chi connectivity index (χ2v) is 6.66. The molecule has 0 spiro atoms. The number of hydrogen-bond acceptors (Lipinski definition) is 4. The Hall–Kier alpha value is -2.53. The Balaban J connectivity index is 1.32. The zero-order chi connectivity index (χ0) is 17.1. The molecule has 1 aliphatic rings. The molecule has 0 aliphatic carbocycles. The molecular weight excluding hydrogens is 312 g/mol. The van der Waals surface area contributed by atoms with Crippen LogP contribution in [0.1, 0.15) is 24.2 Å². The molecule has 0 saturated carbocycles. The molecule has 0 amide bonds. The van der Waals surface area contributed by atoms with Crippen molar-refractivity contribution < 1.29 is 4.42 Å². The van der Waals surface area contributed by atoms with Crippen molar-refractivity contribution in [1.29, 1.82) is 0 Å². The number of aromatic amines is 1. The van der Waals surface area contributed by atoms with Gasteiger partial charge in [-0.15, -0.1) is 0 Å². The van der Waals surface area contributed by atoms with Crippen LogP contribution < -0.4 is 10.2 Å². The lowest BCUT2D eigenvalue weighted by Crippen LogP contribution is -2.42. The summed E-state index contributed by atoms with van der Waals surface area (Å²) in [5.41, 5.74) is 3.45. The lowest BCUT2D eigenvalue weighted by atomic mass is 10.0. The first kappa shape index (κ1) is 16.0. The van der Waals surface area contributed by atoms with Gasteiger partial charge in [0.1, 0.15) is 11.5 Å². The molecule has 2 N–H and O–H groups in total. The molecule has 0 atom stereocenters. The molecule has 5 heteroatoms. The quantitative estimate of drug-likeness (QED) is 0.745. The highest BCUT2D eigenvalue weighted by atomic mass is 16.3. The van der Waals surface area contributed by atoms with E-state index in [0.29, 0.717) is 6.04 Å². The maximum absolute atomic E-state index is 5.72. The van der Waals surface area contributed by atoms with Gasteiger partial charge in [0, 0.05) is 36.9 Å². The predicted octanol–water partition coefficient (Wildman–Crippen LogP) is 3.74. The second-order valence-electron chi connectivity index (χ2n) is 6.66. The van der Waals surface area contributed by atoms with Gasteiger partial charge in [0.15, 0.2) is 5.76 Å². The molecule has 2 aromatic heterocycles. The third-order valence-corrected chi connectivity index (χ3v) is 4.90. The third kappa shape index (κ3) is 3.61. The second kappa shape index (κ2) is 7.15. The van der Waals surface area contributed by atoms with Crippen molar-refractivity contribution in [3.63, 3.8) is 0 Å². The monoisotopic (exact) mass is 336 g/mol. The Bertz CT molecular complexity index is 800. The van der Waals surface area contributed by atoms with Crippen molar-refractivity contribution in [2.24, 2.45) is 0 Å². The minimum atomic E-state index is 0.543. The van der Waals surface area contributed by atoms with E-state index in [1.54, 1.807) is 0 Å². The van der Waals surface area contributed by atoms with Crippen molar-refractivity contribution in [3.8, 4) is 11.5 Å². The molecule has 25 heavy (non-hydrogen) atoms. The van der Waals surface area contributed by atoms with E-state index in [1.807, 2.05) is 25.3 Å². The number of nitrogens with zero attached hydrogens (tertiary/aromatic N) is 2. The summed E-state index contributed by atoms with van der Waals surface area (Å²) in [5.74, 6) is 1.77. The first-order valence-electron chi connectivity index (χ1n) is 8.92. The summed E-state index contributed by atoms with van der Waals surface area (Å²) >= 11 is 0. The number of piperidine rings is 1. The van der Waals surface area contributed by atoms with Gasteiger partial charge in [0.05, 0.1) is 6.20 Å². The first-order valence-corrected chi connectivity index (χ1v) is 8.92. The molecule has 5 nitrogen and oxygen atoms in total. The largest absolute Gasteiger partial charge is 0.460 e. The summed E-state index contributed by atoms with van der Waals surface area (Å²) in [4.78, 5) is 2.47. The fraction of sp³-hybridized carbons (Fsp3) is 0.350. The average Bonchev–Trinajstić information content (AvgIpc) is 3.29. The predicted molar refractivity (Wildman–Crippen MR) is 99.5 cm³/mol. The fourth-order valence-corrected chi connectivity index (χ4v) is 3.46. The normalized spacial score (nSPS) is 15.6. The fourth-order valence-electron chi connectivity index (χ4n) is 3.46. The zero-order valence-electron chi connectivity index (χ0n) is 14.5. The van der Waals surface area contributed by atoms with Gasteiger partial charge in [-0.05, 0) is 44.0 Å². The van der Waals surface area contributed by atoms with Gasteiger partial charge in [-0.1, -0.05) is 18.2 Å². The minimum absolute atomic E-state index is 0.543. The van der Waals surface area contributed by atoms with Crippen LogP contribution in [-0.4, -0.2) is 29.3 Å². The van der Waals surface area contributed by atoms with Crippen LogP contribution in [-0.2, 0) is 6.54 Å². The Labute approximate surface area is 148 Å². The van der Waals surface area contributed by atoms with E-state index >= 15 is 0 Å². The summed E-state index contributed by atoms with van der Waals surface area (Å²) < 4.78 is 5.72. The number of anilines is 1. The number of rotatable bonds is 5. The van der Waals surface area contributed by atoms with Gasteiger partial charge >= 0.3 is 0 Å². The van der Waals surface area contributed by atoms with Crippen molar-refractivity contribution in [1.82, 2.24) is 15.5 Å². The highest BCUT2D eigenvalue weighted by molar-refractivity contribution is 5.56.